The Morgan fingerprint density at radius 1 is 1.62 bits per heavy atom. The Balaban J connectivity index is 2.93. The van der Waals surface area contributed by atoms with Gasteiger partial charge in [0.05, 0.1) is 0 Å². The molecular formula is C5H5F3N4O. The smallest absolute Gasteiger partial charge is 0.289 e. The summed E-state index contributed by atoms with van der Waals surface area (Å²) in [5.41, 5.74) is 0.158. The first-order valence-electron chi connectivity index (χ1n) is 3.08. The first-order valence-corrected chi connectivity index (χ1v) is 3.08. The minimum Gasteiger partial charge on any atom is -0.289 e. The Kier molecular flexibility index (Phi) is 2.24. The summed E-state index contributed by atoms with van der Waals surface area (Å²) in [4.78, 5) is 10.7. The number of nitrogen functional groups attached to an aromatic ring is 1. The molecule has 72 valence electrons. The fraction of sp³-hybridized carbons (Fsp3) is 0.200. The lowest BCUT2D eigenvalue weighted by molar-refractivity contribution is -0.141. The molecule has 0 aliphatic carbocycles. The summed E-state index contributed by atoms with van der Waals surface area (Å²) in [6.07, 6.45) is -4.54. The Bertz CT molecular complexity index is 318. The second-order valence-corrected chi connectivity index (χ2v) is 2.14. The van der Waals surface area contributed by atoms with Crippen LogP contribution in [0.1, 0.15) is 16.2 Å². The number of nitrogens with two attached hydrogens (primary N) is 1. The number of aromatic nitrogens is 2. The molecule has 0 saturated heterocycles. The average Bonchev–Trinajstić information content (AvgIpc) is 2.50. The number of rotatable bonds is 1. The summed E-state index contributed by atoms with van der Waals surface area (Å²) in [6.45, 7) is 0. The number of nitrogens with zero attached hydrogens (tertiary/aromatic N) is 1. The van der Waals surface area contributed by atoms with Crippen molar-refractivity contribution >= 4 is 5.91 Å². The van der Waals surface area contributed by atoms with Crippen LogP contribution in [-0.4, -0.2) is 16.1 Å². The minimum atomic E-state index is -4.54. The maximum Gasteiger partial charge on any atom is 0.432 e. The van der Waals surface area contributed by atoms with E-state index in [1.165, 1.54) is 0 Å². The third kappa shape index (κ3) is 1.96. The van der Waals surface area contributed by atoms with Gasteiger partial charge in [0.2, 0.25) is 0 Å². The molecule has 0 fully saturated rings. The number of nitrogens with one attached hydrogen (secondary N) is 2. The van der Waals surface area contributed by atoms with Crippen LogP contribution in [0.5, 0.6) is 0 Å². The van der Waals surface area contributed by atoms with Crippen LogP contribution in [0.2, 0.25) is 0 Å². The van der Waals surface area contributed by atoms with Crippen molar-refractivity contribution in [2.45, 2.75) is 6.18 Å². The molecule has 0 unspecified atom stereocenters. The summed E-state index contributed by atoms with van der Waals surface area (Å²) in [5.74, 6) is 3.81. The van der Waals surface area contributed by atoms with Gasteiger partial charge in [-0.1, -0.05) is 0 Å². The summed E-state index contributed by atoms with van der Waals surface area (Å²) in [6, 6.07) is 0.572. The monoisotopic (exact) mass is 194 g/mol. The van der Waals surface area contributed by atoms with Gasteiger partial charge in [-0.3, -0.25) is 15.3 Å². The number of aromatic amines is 1. The van der Waals surface area contributed by atoms with Gasteiger partial charge >= 0.3 is 6.18 Å². The van der Waals surface area contributed by atoms with E-state index in [9.17, 15) is 18.0 Å². The number of carbonyl (C=O) groups is 1. The molecule has 0 saturated carbocycles. The molecule has 5 nitrogen and oxygen atoms in total. The van der Waals surface area contributed by atoms with Crippen molar-refractivity contribution in [3.63, 3.8) is 0 Å². The molecule has 0 spiro atoms. The third-order valence-corrected chi connectivity index (χ3v) is 1.25. The Hall–Kier alpha value is -1.57. The van der Waals surface area contributed by atoms with E-state index in [2.05, 4.69) is 10.9 Å². The molecule has 1 amide bonds. The lowest BCUT2D eigenvalue weighted by Gasteiger charge is -1.99. The van der Waals surface area contributed by atoms with E-state index < -0.39 is 23.5 Å². The van der Waals surface area contributed by atoms with Crippen LogP contribution in [0.3, 0.4) is 0 Å². The van der Waals surface area contributed by atoms with Crippen molar-refractivity contribution < 1.29 is 18.0 Å². The molecule has 0 aliphatic heterocycles. The molecule has 1 heterocycles. The Morgan fingerprint density at radius 2 is 2.23 bits per heavy atom. The van der Waals surface area contributed by atoms with E-state index in [1.807, 2.05) is 0 Å². The van der Waals surface area contributed by atoms with Crippen molar-refractivity contribution in [3.05, 3.63) is 17.5 Å². The highest BCUT2D eigenvalue weighted by atomic mass is 19.4. The maximum atomic E-state index is 11.9. The molecule has 0 bridgehead atoms. The fourth-order valence-electron chi connectivity index (χ4n) is 0.657. The van der Waals surface area contributed by atoms with E-state index in [1.54, 1.807) is 10.5 Å². The molecule has 0 aliphatic rings. The van der Waals surface area contributed by atoms with Crippen LogP contribution in [0.4, 0.5) is 13.2 Å². The van der Waals surface area contributed by atoms with Gasteiger partial charge in [-0.25, -0.2) is 5.84 Å². The Labute approximate surface area is 70.1 Å². The number of carbonyl (C=O) groups excluding carboxylic acids is 1. The molecular weight excluding hydrogens is 189 g/mol. The molecule has 0 radical (unpaired) electrons. The lowest BCUT2D eigenvalue weighted by atomic mass is 10.3. The number of amides is 1. The summed E-state index contributed by atoms with van der Waals surface area (Å²) in [7, 11) is 0. The maximum absolute atomic E-state index is 11.9. The van der Waals surface area contributed by atoms with Crippen LogP contribution in [0.25, 0.3) is 0 Å². The highest BCUT2D eigenvalue weighted by molar-refractivity contribution is 5.91. The average molecular weight is 194 g/mol. The van der Waals surface area contributed by atoms with Crippen LogP contribution >= 0.6 is 0 Å². The molecule has 0 aromatic carbocycles. The molecule has 1 rings (SSSR count). The zero-order chi connectivity index (χ0) is 10.1. The first kappa shape index (κ1) is 9.52. The largest absolute Gasteiger partial charge is 0.432 e. The van der Waals surface area contributed by atoms with Crippen molar-refractivity contribution in [1.82, 2.24) is 15.6 Å². The topological polar surface area (TPSA) is 83.8 Å². The van der Waals surface area contributed by atoms with E-state index in [0.29, 0.717) is 6.07 Å². The first-order chi connectivity index (χ1) is 5.95. The highest BCUT2D eigenvalue weighted by Crippen LogP contribution is 2.27. The molecule has 8 heteroatoms. The van der Waals surface area contributed by atoms with Gasteiger partial charge in [-0.05, 0) is 0 Å². The van der Waals surface area contributed by atoms with Gasteiger partial charge in [-0.2, -0.15) is 18.3 Å². The fourth-order valence-corrected chi connectivity index (χ4v) is 0.657. The number of alkyl halides is 3. The van der Waals surface area contributed by atoms with E-state index >= 15 is 0 Å². The molecule has 4 N–H and O–H groups in total. The molecule has 1 aromatic rings. The zero-order valence-electron chi connectivity index (χ0n) is 6.14. The van der Waals surface area contributed by atoms with E-state index in [4.69, 9.17) is 0 Å². The van der Waals surface area contributed by atoms with Gasteiger partial charge in [0, 0.05) is 6.07 Å². The van der Waals surface area contributed by atoms with Crippen LogP contribution in [-0.2, 0) is 6.18 Å². The van der Waals surface area contributed by atoms with Crippen LogP contribution < -0.4 is 11.3 Å². The van der Waals surface area contributed by atoms with E-state index in [0.717, 1.165) is 0 Å². The molecule has 0 atom stereocenters. The van der Waals surface area contributed by atoms with Gasteiger partial charge in [-0.15, -0.1) is 0 Å². The number of hydrazine groups is 1. The predicted molar refractivity (Wildman–Crippen MR) is 35.2 cm³/mol. The highest BCUT2D eigenvalue weighted by Gasteiger charge is 2.33. The number of halogens is 3. The SMILES string of the molecule is NNC(=O)c1cc(C(F)(F)F)[nH]n1. The second-order valence-electron chi connectivity index (χ2n) is 2.14. The van der Waals surface area contributed by atoms with Gasteiger partial charge < -0.3 is 0 Å². The normalized spacial score (nSPS) is 11.4. The molecule has 13 heavy (non-hydrogen) atoms. The van der Waals surface area contributed by atoms with Crippen molar-refractivity contribution in [3.8, 4) is 0 Å². The quantitative estimate of drug-likeness (QED) is 0.335. The van der Waals surface area contributed by atoms with Gasteiger partial charge in [0.15, 0.2) is 5.69 Å². The van der Waals surface area contributed by atoms with Crippen LogP contribution in [0.15, 0.2) is 6.07 Å². The summed E-state index contributed by atoms with van der Waals surface area (Å²) >= 11 is 0. The van der Waals surface area contributed by atoms with Crippen molar-refractivity contribution in [2.24, 2.45) is 5.84 Å². The Morgan fingerprint density at radius 3 is 2.62 bits per heavy atom. The van der Waals surface area contributed by atoms with Gasteiger partial charge in [0.1, 0.15) is 5.69 Å². The van der Waals surface area contributed by atoms with Crippen LogP contribution in [0, 0.1) is 0 Å². The predicted octanol–water partition coefficient (Wildman–Crippen LogP) is 0.0320. The molecule has 1 aromatic heterocycles. The third-order valence-electron chi connectivity index (χ3n) is 1.25. The van der Waals surface area contributed by atoms with Crippen molar-refractivity contribution in [2.75, 3.05) is 0 Å². The van der Waals surface area contributed by atoms with E-state index in [-0.39, 0.29) is 0 Å². The number of hydrogen-bond donors (Lipinski definition) is 3. The van der Waals surface area contributed by atoms with Gasteiger partial charge in [0.25, 0.3) is 5.91 Å². The zero-order valence-corrected chi connectivity index (χ0v) is 6.14. The summed E-state index contributed by atoms with van der Waals surface area (Å²) in [5, 5.41) is 4.79. The standard InChI is InChI=1S/C5H5F3N4O/c6-5(7,8)3-1-2(11-12-3)4(13)10-9/h1H,9H2,(H,10,13)(H,11,12). The summed E-state index contributed by atoms with van der Waals surface area (Å²) < 4.78 is 35.8. The minimum absolute atomic E-state index is 0.408. The van der Waals surface area contributed by atoms with Crippen molar-refractivity contribution in [1.29, 1.82) is 0 Å². The number of H-pyrrole nitrogens is 1. The number of hydrogen-bond acceptors (Lipinski definition) is 3. The lowest BCUT2D eigenvalue weighted by Crippen LogP contribution is -2.30. The second kappa shape index (κ2) is 3.05.